The first kappa shape index (κ1) is 50.3. The van der Waals surface area contributed by atoms with Crippen molar-refractivity contribution < 1.29 is 19.0 Å². The first-order valence-corrected chi connectivity index (χ1v) is 22.1. The lowest BCUT2D eigenvalue weighted by atomic mass is 10.1. The zero-order chi connectivity index (χ0) is 38.1. The van der Waals surface area contributed by atoms with E-state index in [9.17, 15) is 4.79 Å². The molecule has 1 unspecified atom stereocenters. The van der Waals surface area contributed by atoms with Crippen molar-refractivity contribution in [3.05, 3.63) is 48.6 Å². The molecule has 5 nitrogen and oxygen atoms in total. The molecule has 0 saturated heterocycles. The number of ether oxygens (including phenoxy) is 3. The third kappa shape index (κ3) is 39.5. The molecule has 0 amide bonds. The Balaban J connectivity index is 4.18. The Morgan fingerprint density at radius 2 is 0.962 bits per heavy atom. The Hall–Kier alpha value is -1.69. The molecule has 0 aliphatic rings. The van der Waals surface area contributed by atoms with Crippen molar-refractivity contribution in [3.63, 3.8) is 0 Å². The number of carbonyl (C=O) groups is 1. The number of hydrogen-bond acceptors (Lipinski definition) is 5. The second kappa shape index (κ2) is 40.5. The van der Waals surface area contributed by atoms with E-state index >= 15 is 0 Å². The Morgan fingerprint density at radius 3 is 1.44 bits per heavy atom. The van der Waals surface area contributed by atoms with E-state index in [4.69, 9.17) is 14.2 Å². The van der Waals surface area contributed by atoms with Crippen LogP contribution >= 0.6 is 0 Å². The van der Waals surface area contributed by atoms with Crippen LogP contribution in [0.15, 0.2) is 48.6 Å². The van der Waals surface area contributed by atoms with Crippen molar-refractivity contribution in [2.24, 2.45) is 0 Å². The molecule has 0 bridgehead atoms. The quantitative estimate of drug-likeness (QED) is 0.0357. The maximum absolute atomic E-state index is 12.5. The first-order valence-electron chi connectivity index (χ1n) is 22.1. The van der Waals surface area contributed by atoms with E-state index in [-0.39, 0.29) is 12.6 Å². The minimum Gasteiger partial charge on any atom is -0.463 e. The molecule has 52 heavy (non-hydrogen) atoms. The van der Waals surface area contributed by atoms with E-state index in [1.165, 1.54) is 128 Å². The van der Waals surface area contributed by atoms with Gasteiger partial charge in [0.1, 0.15) is 12.2 Å². The average molecular weight is 730 g/mol. The number of nitrogens with zero attached hydrogens (tertiary/aromatic N) is 1. The molecule has 5 heteroatoms. The van der Waals surface area contributed by atoms with Gasteiger partial charge in [-0.3, -0.25) is 4.79 Å². The summed E-state index contributed by atoms with van der Waals surface area (Å²) in [6.07, 6.45) is 50.6. The van der Waals surface area contributed by atoms with E-state index in [0.29, 0.717) is 19.6 Å². The summed E-state index contributed by atoms with van der Waals surface area (Å²) in [5.74, 6) is -0.132. The van der Waals surface area contributed by atoms with Crippen LogP contribution in [-0.4, -0.2) is 63.5 Å². The standard InChI is InChI=1S/C47H87NO4/c1-6-8-10-12-14-16-18-20-22-24-26-28-30-32-34-38-42-50-44-47(3,45-51-46(49)40-36-37-41-48(4)5)52-43-39-35-33-31-29-27-25-23-21-19-17-15-13-11-9-7-2/h14-17,20-23H,6-13,18-19,24-45H2,1-5H3/b16-14-,17-15-,22-20-,23-21-. The SMILES string of the molecule is CCCCC/C=C\C/C=C\CCCCCCCCOCC(C)(COC(=O)CCCCN(C)C)OCCCCCCCC/C=C\C/C=C\CCCCC. The number of hydrogen-bond donors (Lipinski definition) is 0. The number of rotatable bonds is 40. The minimum atomic E-state index is -0.602. The van der Waals surface area contributed by atoms with Crippen molar-refractivity contribution in [1.82, 2.24) is 4.90 Å². The van der Waals surface area contributed by atoms with Crippen LogP contribution in [0.1, 0.15) is 194 Å². The minimum absolute atomic E-state index is 0.132. The van der Waals surface area contributed by atoms with Crippen LogP contribution in [-0.2, 0) is 19.0 Å². The fourth-order valence-corrected chi connectivity index (χ4v) is 6.02. The van der Waals surface area contributed by atoms with Gasteiger partial charge in [0.25, 0.3) is 0 Å². The summed E-state index contributed by atoms with van der Waals surface area (Å²) in [5.41, 5.74) is -0.602. The number of allylic oxidation sites excluding steroid dienone is 8. The Kier molecular flexibility index (Phi) is 39.2. The van der Waals surface area contributed by atoms with E-state index in [2.05, 4.69) is 81.5 Å². The van der Waals surface area contributed by atoms with Crippen molar-refractivity contribution in [2.45, 2.75) is 200 Å². The van der Waals surface area contributed by atoms with Crippen LogP contribution in [0.4, 0.5) is 0 Å². The molecule has 0 radical (unpaired) electrons. The molecule has 0 aliphatic carbocycles. The van der Waals surface area contributed by atoms with E-state index in [0.717, 1.165) is 51.7 Å². The van der Waals surface area contributed by atoms with Crippen LogP contribution in [0.2, 0.25) is 0 Å². The largest absolute Gasteiger partial charge is 0.463 e. The second-order valence-corrected chi connectivity index (χ2v) is 15.4. The highest BCUT2D eigenvalue weighted by Gasteiger charge is 2.28. The summed E-state index contributed by atoms with van der Waals surface area (Å²) < 4.78 is 18.2. The molecular formula is C47H87NO4. The predicted molar refractivity (Wildman–Crippen MR) is 227 cm³/mol. The molecule has 0 aromatic rings. The van der Waals surface area contributed by atoms with Gasteiger partial charge in [-0.25, -0.2) is 0 Å². The van der Waals surface area contributed by atoms with Crippen molar-refractivity contribution in [1.29, 1.82) is 0 Å². The Morgan fingerprint density at radius 1 is 0.519 bits per heavy atom. The van der Waals surface area contributed by atoms with Gasteiger partial charge in [0.15, 0.2) is 0 Å². The summed E-state index contributed by atoms with van der Waals surface area (Å²) >= 11 is 0. The fourth-order valence-electron chi connectivity index (χ4n) is 6.02. The summed E-state index contributed by atoms with van der Waals surface area (Å²) in [5, 5.41) is 0. The third-order valence-corrected chi connectivity index (χ3v) is 9.47. The van der Waals surface area contributed by atoms with Crippen LogP contribution in [0.25, 0.3) is 0 Å². The molecule has 304 valence electrons. The number of esters is 1. The monoisotopic (exact) mass is 730 g/mol. The van der Waals surface area contributed by atoms with Crippen molar-refractivity contribution in [2.75, 3.05) is 47.1 Å². The topological polar surface area (TPSA) is 48.0 Å². The molecule has 0 rings (SSSR count). The van der Waals surface area contributed by atoms with Gasteiger partial charge in [-0.15, -0.1) is 0 Å². The average Bonchev–Trinajstić information content (AvgIpc) is 3.13. The van der Waals surface area contributed by atoms with Gasteiger partial charge in [0.05, 0.1) is 6.61 Å². The highest BCUT2D eigenvalue weighted by Crippen LogP contribution is 2.17. The summed E-state index contributed by atoms with van der Waals surface area (Å²) in [7, 11) is 4.12. The van der Waals surface area contributed by atoms with Gasteiger partial charge < -0.3 is 19.1 Å². The maximum Gasteiger partial charge on any atom is 0.305 e. The van der Waals surface area contributed by atoms with E-state index in [1.54, 1.807) is 0 Å². The van der Waals surface area contributed by atoms with Gasteiger partial charge in [-0.1, -0.05) is 140 Å². The van der Waals surface area contributed by atoms with Gasteiger partial charge >= 0.3 is 5.97 Å². The van der Waals surface area contributed by atoms with Gasteiger partial charge in [0.2, 0.25) is 0 Å². The summed E-state index contributed by atoms with van der Waals surface area (Å²) in [6.45, 7) is 9.68. The molecule has 0 aromatic carbocycles. The third-order valence-electron chi connectivity index (χ3n) is 9.47. The molecule has 0 fully saturated rings. The molecular weight excluding hydrogens is 643 g/mol. The van der Waals surface area contributed by atoms with Crippen LogP contribution in [0.3, 0.4) is 0 Å². The number of unbranched alkanes of at least 4 members (excludes halogenated alkanes) is 19. The Bertz CT molecular complexity index is 863. The van der Waals surface area contributed by atoms with Crippen LogP contribution < -0.4 is 0 Å². The maximum atomic E-state index is 12.5. The summed E-state index contributed by atoms with van der Waals surface area (Å²) in [4.78, 5) is 14.6. The van der Waals surface area contributed by atoms with Crippen LogP contribution in [0.5, 0.6) is 0 Å². The van der Waals surface area contributed by atoms with E-state index < -0.39 is 5.60 Å². The summed E-state index contributed by atoms with van der Waals surface area (Å²) in [6, 6.07) is 0. The predicted octanol–water partition coefficient (Wildman–Crippen LogP) is 13.7. The Labute approximate surface area is 324 Å². The molecule has 1 atom stereocenters. The zero-order valence-corrected chi connectivity index (χ0v) is 35.3. The van der Waals surface area contributed by atoms with Crippen molar-refractivity contribution >= 4 is 5.97 Å². The van der Waals surface area contributed by atoms with Gasteiger partial charge in [0, 0.05) is 19.6 Å². The smallest absolute Gasteiger partial charge is 0.305 e. The molecule has 0 aliphatic heterocycles. The number of carbonyl (C=O) groups excluding carboxylic acids is 1. The highest BCUT2D eigenvalue weighted by atomic mass is 16.6. The normalized spacial score (nSPS) is 13.5. The molecule has 0 N–H and O–H groups in total. The van der Waals surface area contributed by atoms with Gasteiger partial charge in [-0.05, 0) is 117 Å². The van der Waals surface area contributed by atoms with E-state index in [1.807, 2.05) is 6.92 Å². The second-order valence-electron chi connectivity index (χ2n) is 15.4. The molecule has 0 heterocycles. The lowest BCUT2D eigenvalue weighted by molar-refractivity contribution is -0.161. The lowest BCUT2D eigenvalue weighted by Gasteiger charge is -2.29. The molecule has 0 saturated carbocycles. The fraction of sp³-hybridized carbons (Fsp3) is 0.809. The van der Waals surface area contributed by atoms with Crippen molar-refractivity contribution in [3.8, 4) is 0 Å². The lowest BCUT2D eigenvalue weighted by Crippen LogP contribution is -2.41. The highest BCUT2D eigenvalue weighted by molar-refractivity contribution is 5.69. The first-order chi connectivity index (χ1) is 25.4. The molecule has 0 spiro atoms. The van der Waals surface area contributed by atoms with Gasteiger partial charge in [-0.2, -0.15) is 0 Å². The zero-order valence-electron chi connectivity index (χ0n) is 35.3. The van der Waals surface area contributed by atoms with Crippen LogP contribution in [0, 0.1) is 0 Å². The molecule has 0 aromatic heterocycles.